The van der Waals surface area contributed by atoms with Gasteiger partial charge in [0.25, 0.3) is 0 Å². The number of carbonyl (C=O) groups is 1. The molecule has 0 N–H and O–H groups in total. The molecule has 0 radical (unpaired) electrons. The molecular formula is C13H13ClFNO. The van der Waals surface area contributed by atoms with E-state index >= 15 is 0 Å². The lowest BCUT2D eigenvalue weighted by atomic mass is 10.2. The van der Waals surface area contributed by atoms with Crippen LogP contribution >= 0.6 is 11.6 Å². The maximum absolute atomic E-state index is 13.2. The van der Waals surface area contributed by atoms with Crippen LogP contribution in [0.15, 0.2) is 18.2 Å². The van der Waals surface area contributed by atoms with Crippen molar-refractivity contribution < 1.29 is 9.18 Å². The molecule has 0 saturated heterocycles. The van der Waals surface area contributed by atoms with E-state index in [0.717, 1.165) is 5.52 Å². The molecule has 1 aromatic carbocycles. The first kappa shape index (κ1) is 12.1. The van der Waals surface area contributed by atoms with Gasteiger partial charge >= 0.3 is 0 Å². The summed E-state index contributed by atoms with van der Waals surface area (Å²) >= 11 is 6.16. The summed E-state index contributed by atoms with van der Waals surface area (Å²) in [4.78, 5) is 11.0. The average Bonchev–Trinajstić information content (AvgIpc) is 2.50. The van der Waals surface area contributed by atoms with Gasteiger partial charge in [0.1, 0.15) is 11.0 Å². The summed E-state index contributed by atoms with van der Waals surface area (Å²) in [5, 5.41) is 0.958. The third-order valence-electron chi connectivity index (χ3n) is 2.66. The Morgan fingerprint density at radius 2 is 2.18 bits per heavy atom. The summed E-state index contributed by atoms with van der Waals surface area (Å²) in [6.07, 6.45) is 0.681. The van der Waals surface area contributed by atoms with E-state index < -0.39 is 0 Å². The minimum Gasteiger partial charge on any atom is -0.331 e. The fourth-order valence-corrected chi connectivity index (χ4v) is 2.28. The van der Waals surface area contributed by atoms with E-state index in [9.17, 15) is 9.18 Å². The van der Waals surface area contributed by atoms with Gasteiger partial charge in [-0.1, -0.05) is 25.4 Å². The third-order valence-corrected chi connectivity index (χ3v) is 3.07. The first-order valence-electron chi connectivity index (χ1n) is 5.47. The molecule has 0 aliphatic heterocycles. The maximum Gasteiger partial charge on any atom is 0.153 e. The van der Waals surface area contributed by atoms with Gasteiger partial charge in [0, 0.05) is 11.9 Å². The summed E-state index contributed by atoms with van der Waals surface area (Å²) < 4.78 is 15.0. The normalized spacial score (nSPS) is 11.4. The highest BCUT2D eigenvalue weighted by atomic mass is 35.5. The molecule has 90 valence electrons. The first-order valence-corrected chi connectivity index (χ1v) is 5.84. The van der Waals surface area contributed by atoms with Crippen LogP contribution in [0.5, 0.6) is 0 Å². The van der Waals surface area contributed by atoms with Crippen LogP contribution in [0.3, 0.4) is 0 Å². The smallest absolute Gasteiger partial charge is 0.153 e. The van der Waals surface area contributed by atoms with Crippen LogP contribution < -0.4 is 0 Å². The molecule has 2 rings (SSSR count). The lowest BCUT2D eigenvalue weighted by Crippen LogP contribution is -2.04. The van der Waals surface area contributed by atoms with Gasteiger partial charge in [-0.3, -0.25) is 4.79 Å². The first-order chi connectivity index (χ1) is 8.04. The van der Waals surface area contributed by atoms with Crippen molar-refractivity contribution >= 4 is 28.8 Å². The Kier molecular flexibility index (Phi) is 3.20. The van der Waals surface area contributed by atoms with Crippen molar-refractivity contribution in [1.29, 1.82) is 0 Å². The Labute approximate surface area is 104 Å². The highest BCUT2D eigenvalue weighted by molar-refractivity contribution is 6.34. The van der Waals surface area contributed by atoms with Crippen molar-refractivity contribution in [3.05, 3.63) is 34.7 Å². The Morgan fingerprint density at radius 1 is 1.47 bits per heavy atom. The number of halogens is 2. The Hall–Kier alpha value is -1.35. The molecule has 0 unspecified atom stereocenters. The summed E-state index contributed by atoms with van der Waals surface area (Å²) in [7, 11) is 0. The molecule has 0 bridgehead atoms. The van der Waals surface area contributed by atoms with E-state index in [-0.39, 0.29) is 5.82 Å². The molecule has 4 heteroatoms. The fraction of sp³-hybridized carbons (Fsp3) is 0.308. The minimum absolute atomic E-state index is 0.362. The molecule has 1 heterocycles. The second-order valence-electron chi connectivity index (χ2n) is 4.49. The van der Waals surface area contributed by atoms with E-state index in [4.69, 9.17) is 11.6 Å². The van der Waals surface area contributed by atoms with E-state index in [1.54, 1.807) is 6.07 Å². The minimum atomic E-state index is -0.362. The zero-order valence-electron chi connectivity index (χ0n) is 9.71. The molecule has 0 amide bonds. The summed E-state index contributed by atoms with van der Waals surface area (Å²) in [6.45, 7) is 4.83. The van der Waals surface area contributed by atoms with Gasteiger partial charge in [-0.2, -0.15) is 0 Å². The van der Waals surface area contributed by atoms with Crippen molar-refractivity contribution in [3.8, 4) is 0 Å². The molecule has 0 aliphatic rings. The number of carbonyl (C=O) groups excluding carboxylic acids is 1. The van der Waals surface area contributed by atoms with E-state index in [1.165, 1.54) is 12.1 Å². The van der Waals surface area contributed by atoms with Crippen LogP contribution in [0.1, 0.15) is 24.2 Å². The van der Waals surface area contributed by atoms with Crippen LogP contribution in [0.2, 0.25) is 5.15 Å². The van der Waals surface area contributed by atoms with Crippen molar-refractivity contribution in [1.82, 2.24) is 4.57 Å². The quantitative estimate of drug-likeness (QED) is 0.761. The molecular weight excluding hydrogens is 241 g/mol. The fourth-order valence-electron chi connectivity index (χ4n) is 1.98. The summed E-state index contributed by atoms with van der Waals surface area (Å²) in [6, 6.07) is 4.39. The van der Waals surface area contributed by atoms with Crippen molar-refractivity contribution in [2.24, 2.45) is 5.92 Å². The van der Waals surface area contributed by atoms with E-state index in [1.807, 2.05) is 4.57 Å². The maximum atomic E-state index is 13.2. The van der Waals surface area contributed by atoms with Crippen LogP contribution in [-0.2, 0) is 6.54 Å². The van der Waals surface area contributed by atoms with Gasteiger partial charge in [-0.25, -0.2) is 4.39 Å². The molecule has 0 atom stereocenters. The zero-order valence-corrected chi connectivity index (χ0v) is 10.5. The number of hydrogen-bond donors (Lipinski definition) is 0. The van der Waals surface area contributed by atoms with Crippen molar-refractivity contribution in [2.45, 2.75) is 20.4 Å². The van der Waals surface area contributed by atoms with Gasteiger partial charge in [-0.05, 0) is 24.1 Å². The third kappa shape index (κ3) is 2.07. The largest absolute Gasteiger partial charge is 0.331 e. The summed E-state index contributed by atoms with van der Waals surface area (Å²) in [5.74, 6) is 0.0339. The standard InChI is InChI=1S/C13H13ClFNO/c1-8(2)6-16-12-4-3-9(15)5-10(12)11(7-17)13(16)14/h3-5,7-8H,6H2,1-2H3. The van der Waals surface area contributed by atoms with Gasteiger partial charge in [0.15, 0.2) is 6.29 Å². The van der Waals surface area contributed by atoms with Crippen LogP contribution in [0.4, 0.5) is 4.39 Å². The van der Waals surface area contributed by atoms with Crippen molar-refractivity contribution in [3.63, 3.8) is 0 Å². The van der Waals surface area contributed by atoms with E-state index in [2.05, 4.69) is 13.8 Å². The molecule has 1 aromatic heterocycles. The molecule has 17 heavy (non-hydrogen) atoms. The number of benzene rings is 1. The lowest BCUT2D eigenvalue weighted by Gasteiger charge is -2.09. The number of aromatic nitrogens is 1. The number of aldehydes is 1. The molecule has 0 fully saturated rings. The number of hydrogen-bond acceptors (Lipinski definition) is 1. The molecule has 0 aliphatic carbocycles. The van der Waals surface area contributed by atoms with Gasteiger partial charge in [-0.15, -0.1) is 0 Å². The lowest BCUT2D eigenvalue weighted by molar-refractivity contribution is 0.112. The topological polar surface area (TPSA) is 22.0 Å². The number of fused-ring (bicyclic) bond motifs is 1. The number of nitrogens with zero attached hydrogens (tertiary/aromatic N) is 1. The zero-order chi connectivity index (χ0) is 12.6. The second-order valence-corrected chi connectivity index (χ2v) is 4.85. The van der Waals surface area contributed by atoms with Crippen LogP contribution in [-0.4, -0.2) is 10.9 Å². The van der Waals surface area contributed by atoms with Crippen molar-refractivity contribution in [2.75, 3.05) is 0 Å². The predicted molar refractivity (Wildman–Crippen MR) is 67.1 cm³/mol. The SMILES string of the molecule is CC(C)Cn1c(Cl)c(C=O)c2cc(F)ccc21. The van der Waals surface area contributed by atoms with Gasteiger partial charge in [0.05, 0.1) is 11.1 Å². The average molecular weight is 254 g/mol. The van der Waals surface area contributed by atoms with E-state index in [0.29, 0.717) is 34.9 Å². The predicted octanol–water partition coefficient (Wildman–Crippen LogP) is 3.90. The van der Waals surface area contributed by atoms with Crippen LogP contribution in [0.25, 0.3) is 10.9 Å². The molecule has 0 saturated carbocycles. The highest BCUT2D eigenvalue weighted by Crippen LogP contribution is 2.30. The highest BCUT2D eigenvalue weighted by Gasteiger charge is 2.16. The summed E-state index contributed by atoms with van der Waals surface area (Å²) in [5.41, 5.74) is 1.16. The Balaban J connectivity index is 2.75. The second kappa shape index (κ2) is 4.49. The Bertz CT molecular complexity index is 574. The molecule has 2 aromatic rings. The molecule has 0 spiro atoms. The van der Waals surface area contributed by atoms with Gasteiger partial charge < -0.3 is 4.57 Å². The monoisotopic (exact) mass is 253 g/mol. The van der Waals surface area contributed by atoms with Gasteiger partial charge in [0.2, 0.25) is 0 Å². The van der Waals surface area contributed by atoms with Crippen LogP contribution in [0, 0.1) is 11.7 Å². The Morgan fingerprint density at radius 3 is 2.76 bits per heavy atom. The molecule has 2 nitrogen and oxygen atoms in total. The number of rotatable bonds is 3.